The second kappa shape index (κ2) is 9.30. The van der Waals surface area contributed by atoms with Crippen LogP contribution < -0.4 is 5.32 Å². The molecule has 5 heteroatoms. The van der Waals surface area contributed by atoms with E-state index in [0.29, 0.717) is 38.4 Å². The van der Waals surface area contributed by atoms with Gasteiger partial charge in [0, 0.05) is 25.2 Å². The highest BCUT2D eigenvalue weighted by Crippen LogP contribution is 2.27. The summed E-state index contributed by atoms with van der Waals surface area (Å²) < 4.78 is 19.7. The third kappa shape index (κ3) is 5.02. The zero-order valence-electron chi connectivity index (χ0n) is 14.9. The van der Waals surface area contributed by atoms with Gasteiger partial charge in [-0.1, -0.05) is 50.3 Å². The number of hydrogen-bond acceptors (Lipinski definition) is 3. The second-order valence-corrected chi connectivity index (χ2v) is 7.16. The van der Waals surface area contributed by atoms with E-state index in [9.17, 15) is 9.18 Å². The van der Waals surface area contributed by atoms with Crippen LogP contribution in [-0.2, 0) is 9.53 Å². The van der Waals surface area contributed by atoms with Gasteiger partial charge in [-0.2, -0.15) is 0 Å². The number of hydrogen-bond donors (Lipinski definition) is 1. The normalized spacial score (nSPS) is 21.0. The topological polar surface area (TPSA) is 41.6 Å². The summed E-state index contributed by atoms with van der Waals surface area (Å²) in [4.78, 5) is 14.9. The van der Waals surface area contributed by atoms with Crippen molar-refractivity contribution in [1.82, 2.24) is 10.2 Å². The molecule has 0 spiro atoms. The van der Waals surface area contributed by atoms with Crippen molar-refractivity contribution in [1.29, 1.82) is 0 Å². The molecule has 1 aliphatic heterocycles. The van der Waals surface area contributed by atoms with Gasteiger partial charge in [0.25, 0.3) is 0 Å². The van der Waals surface area contributed by atoms with Crippen LogP contribution in [0.4, 0.5) is 4.39 Å². The lowest BCUT2D eigenvalue weighted by Gasteiger charge is -2.34. The fourth-order valence-electron chi connectivity index (χ4n) is 4.01. The molecule has 0 aromatic heterocycles. The first-order valence-corrected chi connectivity index (χ1v) is 9.59. The summed E-state index contributed by atoms with van der Waals surface area (Å²) in [6.07, 6.45) is 7.54. The Labute approximate surface area is 149 Å². The van der Waals surface area contributed by atoms with Crippen LogP contribution in [0.2, 0.25) is 0 Å². The Hall–Kier alpha value is -1.46. The van der Waals surface area contributed by atoms with E-state index in [-0.39, 0.29) is 11.7 Å². The number of amides is 1. The molecule has 138 valence electrons. The number of morpholine rings is 1. The fourth-order valence-corrected chi connectivity index (χ4v) is 4.01. The minimum atomic E-state index is -0.573. The molecule has 1 saturated heterocycles. The number of nitrogens with zero attached hydrogens (tertiary/aromatic N) is 1. The second-order valence-electron chi connectivity index (χ2n) is 7.16. The van der Waals surface area contributed by atoms with Crippen molar-refractivity contribution < 1.29 is 13.9 Å². The van der Waals surface area contributed by atoms with Crippen molar-refractivity contribution >= 4 is 5.91 Å². The lowest BCUT2D eigenvalue weighted by molar-refractivity contribution is -0.128. The van der Waals surface area contributed by atoms with Gasteiger partial charge in [0.1, 0.15) is 11.9 Å². The largest absolute Gasteiger partial charge is 0.379 e. The van der Waals surface area contributed by atoms with E-state index >= 15 is 0 Å². The molecule has 1 aromatic carbocycles. The Kier molecular flexibility index (Phi) is 6.82. The maximum Gasteiger partial charge on any atom is 0.242 e. The summed E-state index contributed by atoms with van der Waals surface area (Å²) in [5.74, 6) is 0.313. The van der Waals surface area contributed by atoms with Gasteiger partial charge in [0.05, 0.1) is 13.2 Å². The molecule has 2 fully saturated rings. The third-order valence-electron chi connectivity index (χ3n) is 5.44. The van der Waals surface area contributed by atoms with Crippen LogP contribution in [0.1, 0.15) is 50.1 Å². The number of benzene rings is 1. The zero-order valence-corrected chi connectivity index (χ0v) is 14.9. The number of carbonyl (C=O) groups is 1. The van der Waals surface area contributed by atoms with E-state index < -0.39 is 6.04 Å². The first-order chi connectivity index (χ1) is 12.3. The molecule has 1 unspecified atom stereocenters. The highest BCUT2D eigenvalue weighted by Gasteiger charge is 2.31. The van der Waals surface area contributed by atoms with E-state index in [1.165, 1.54) is 38.2 Å². The molecule has 2 aliphatic rings. The molecule has 1 amide bonds. The van der Waals surface area contributed by atoms with E-state index in [4.69, 9.17) is 4.74 Å². The van der Waals surface area contributed by atoms with Crippen molar-refractivity contribution in [3.63, 3.8) is 0 Å². The van der Waals surface area contributed by atoms with Gasteiger partial charge >= 0.3 is 0 Å². The molecule has 1 aromatic rings. The summed E-state index contributed by atoms with van der Waals surface area (Å²) in [6, 6.07) is 6.03. The van der Waals surface area contributed by atoms with Crippen LogP contribution in [0.3, 0.4) is 0 Å². The van der Waals surface area contributed by atoms with Gasteiger partial charge in [-0.3, -0.25) is 9.69 Å². The Morgan fingerprint density at radius 1 is 1.20 bits per heavy atom. The summed E-state index contributed by atoms with van der Waals surface area (Å²) in [5.41, 5.74) is 0.458. The monoisotopic (exact) mass is 348 g/mol. The Morgan fingerprint density at radius 2 is 1.92 bits per heavy atom. The van der Waals surface area contributed by atoms with Gasteiger partial charge in [-0.05, 0) is 18.4 Å². The van der Waals surface area contributed by atoms with E-state index in [1.807, 2.05) is 4.90 Å². The minimum absolute atomic E-state index is 0.0946. The van der Waals surface area contributed by atoms with Crippen LogP contribution in [0, 0.1) is 11.7 Å². The quantitative estimate of drug-likeness (QED) is 0.858. The summed E-state index contributed by atoms with van der Waals surface area (Å²) in [6.45, 7) is 3.14. The number of carbonyl (C=O) groups excluding carboxylic acids is 1. The lowest BCUT2D eigenvalue weighted by Crippen LogP contribution is -2.46. The summed E-state index contributed by atoms with van der Waals surface area (Å²) in [7, 11) is 0. The standard InChI is InChI=1S/C20H29FN2O2/c21-18-9-5-4-8-17(18)19(23-12-14-25-15-13-23)20(24)22-11-10-16-6-2-1-3-7-16/h4-5,8-9,16,19H,1-3,6-7,10-15H2,(H,22,24). The van der Waals surface area contributed by atoms with Gasteiger partial charge < -0.3 is 10.1 Å². The van der Waals surface area contributed by atoms with Gasteiger partial charge in [0.15, 0.2) is 0 Å². The van der Waals surface area contributed by atoms with Crippen molar-refractivity contribution in [3.8, 4) is 0 Å². The Morgan fingerprint density at radius 3 is 2.64 bits per heavy atom. The highest BCUT2D eigenvalue weighted by molar-refractivity contribution is 5.83. The number of ether oxygens (including phenoxy) is 1. The molecule has 0 bridgehead atoms. The molecule has 1 N–H and O–H groups in total. The minimum Gasteiger partial charge on any atom is -0.379 e. The number of nitrogens with one attached hydrogen (secondary N) is 1. The number of rotatable bonds is 6. The van der Waals surface area contributed by atoms with Gasteiger partial charge in [-0.25, -0.2) is 4.39 Å². The maximum atomic E-state index is 14.3. The van der Waals surface area contributed by atoms with E-state index in [1.54, 1.807) is 18.2 Å². The molecule has 4 nitrogen and oxygen atoms in total. The van der Waals surface area contributed by atoms with Crippen molar-refractivity contribution in [2.24, 2.45) is 5.92 Å². The summed E-state index contributed by atoms with van der Waals surface area (Å²) in [5, 5.41) is 3.06. The van der Waals surface area contributed by atoms with Crippen LogP contribution in [-0.4, -0.2) is 43.7 Å². The summed E-state index contributed by atoms with van der Waals surface area (Å²) >= 11 is 0. The third-order valence-corrected chi connectivity index (χ3v) is 5.44. The molecular weight excluding hydrogens is 319 g/mol. The molecule has 25 heavy (non-hydrogen) atoms. The average molecular weight is 348 g/mol. The molecule has 1 saturated carbocycles. The smallest absolute Gasteiger partial charge is 0.242 e. The number of halogens is 1. The van der Waals surface area contributed by atoms with Crippen molar-refractivity contribution in [3.05, 3.63) is 35.6 Å². The van der Waals surface area contributed by atoms with E-state index in [0.717, 1.165) is 12.3 Å². The first kappa shape index (κ1) is 18.3. The van der Waals surface area contributed by atoms with Crippen LogP contribution >= 0.6 is 0 Å². The van der Waals surface area contributed by atoms with Gasteiger partial charge in [-0.15, -0.1) is 0 Å². The van der Waals surface area contributed by atoms with Crippen molar-refractivity contribution in [2.75, 3.05) is 32.8 Å². The fraction of sp³-hybridized carbons (Fsp3) is 0.650. The SMILES string of the molecule is O=C(NCCC1CCCCC1)C(c1ccccc1F)N1CCOCC1. The molecule has 3 rings (SSSR count). The van der Waals surface area contributed by atoms with Crippen LogP contribution in [0.5, 0.6) is 0 Å². The Bertz CT molecular complexity index is 554. The molecule has 0 radical (unpaired) electrons. The Balaban J connectivity index is 1.63. The molecule has 1 aliphatic carbocycles. The predicted octanol–water partition coefficient (Wildman–Crippen LogP) is 3.29. The lowest BCUT2D eigenvalue weighted by atomic mass is 9.87. The average Bonchev–Trinajstić information content (AvgIpc) is 2.65. The van der Waals surface area contributed by atoms with Crippen molar-refractivity contribution in [2.45, 2.75) is 44.6 Å². The molecule has 1 atom stereocenters. The highest BCUT2D eigenvalue weighted by atomic mass is 19.1. The predicted molar refractivity (Wildman–Crippen MR) is 95.7 cm³/mol. The maximum absolute atomic E-state index is 14.3. The molecule has 1 heterocycles. The van der Waals surface area contributed by atoms with Gasteiger partial charge in [0.2, 0.25) is 5.91 Å². The van der Waals surface area contributed by atoms with E-state index in [2.05, 4.69) is 5.32 Å². The first-order valence-electron chi connectivity index (χ1n) is 9.59. The molecular formula is C20H29FN2O2. The zero-order chi connectivity index (χ0) is 17.5. The van der Waals surface area contributed by atoms with Crippen LogP contribution in [0.25, 0.3) is 0 Å². The van der Waals surface area contributed by atoms with Crippen LogP contribution in [0.15, 0.2) is 24.3 Å².